The van der Waals surface area contributed by atoms with Gasteiger partial charge in [0, 0.05) is 13.1 Å². The van der Waals surface area contributed by atoms with Crippen molar-refractivity contribution in [2.24, 2.45) is 23.7 Å². The van der Waals surface area contributed by atoms with Gasteiger partial charge in [-0.15, -0.1) is 11.3 Å². The van der Waals surface area contributed by atoms with Crippen molar-refractivity contribution < 1.29 is 28.7 Å². The zero-order chi connectivity index (χ0) is 38.4. The molecule has 0 radical (unpaired) electrons. The fourth-order valence-corrected chi connectivity index (χ4v) is 7.44. The molecule has 2 fully saturated rings. The van der Waals surface area contributed by atoms with Crippen LogP contribution >= 0.6 is 11.3 Å². The number of carbonyl (C=O) groups is 4. The Labute approximate surface area is 314 Å². The van der Waals surface area contributed by atoms with E-state index in [2.05, 4.69) is 68.1 Å². The van der Waals surface area contributed by atoms with Crippen LogP contribution in [-0.4, -0.2) is 93.1 Å². The Morgan fingerprint density at radius 2 is 1.13 bits per heavy atom. The molecule has 0 aliphatic carbocycles. The van der Waals surface area contributed by atoms with E-state index in [1.54, 1.807) is 22.2 Å². The predicted octanol–water partition coefficient (Wildman–Crippen LogP) is 4.57. The lowest BCUT2D eigenvalue weighted by molar-refractivity contribution is -0.136. The van der Waals surface area contributed by atoms with Crippen molar-refractivity contribution in [1.29, 1.82) is 0 Å². The average Bonchev–Trinajstić information content (AvgIpc) is 3.97. The highest BCUT2D eigenvalue weighted by Crippen LogP contribution is 2.36. The molecule has 3 aromatic heterocycles. The van der Waals surface area contributed by atoms with Crippen LogP contribution < -0.4 is 10.6 Å². The SMILES string of the molecule is COC(=O)N[C@H](C(=O)N1C[C@@H](C)C[C@H]1c1ncc(C#Cc2ccc(C#Cc3cnc([C@@H]4C[C@H](C)CN4C(=O)[C@@H](NC(=O)OC)C(C)C)[nH]3)s2)[nH]1)C(C)C. The number of H-pyrrole nitrogens is 2. The van der Waals surface area contributed by atoms with Crippen molar-refractivity contribution >= 4 is 35.3 Å². The smallest absolute Gasteiger partial charge is 0.407 e. The normalized spacial score (nSPS) is 20.6. The fraction of sp³-hybridized carbons (Fsp3) is 0.526. The number of hydrogen-bond donors (Lipinski definition) is 4. The molecule has 0 unspecified atom stereocenters. The largest absolute Gasteiger partial charge is 0.453 e. The maximum Gasteiger partial charge on any atom is 0.407 e. The minimum atomic E-state index is -0.714. The average molecular weight is 745 g/mol. The molecule has 6 atom stereocenters. The summed E-state index contributed by atoms with van der Waals surface area (Å²) in [5, 5.41) is 5.36. The summed E-state index contributed by atoms with van der Waals surface area (Å²) in [6.45, 7) is 12.8. The highest BCUT2D eigenvalue weighted by molar-refractivity contribution is 7.13. The van der Waals surface area contributed by atoms with Crippen LogP contribution in [-0.2, 0) is 19.1 Å². The van der Waals surface area contributed by atoms with E-state index in [1.807, 2.05) is 39.8 Å². The van der Waals surface area contributed by atoms with E-state index < -0.39 is 24.3 Å². The molecule has 0 spiro atoms. The van der Waals surface area contributed by atoms with Crippen molar-refractivity contribution in [2.75, 3.05) is 27.3 Å². The summed E-state index contributed by atoms with van der Waals surface area (Å²) in [5.41, 5.74) is 1.25. The second kappa shape index (κ2) is 17.0. The topological polar surface area (TPSA) is 175 Å². The number of hydrogen-bond acceptors (Lipinski definition) is 9. The molecule has 4 amide bonds. The first-order valence-electron chi connectivity index (χ1n) is 17.8. The number of likely N-dealkylation sites (tertiary alicyclic amines) is 2. The second-order valence-electron chi connectivity index (χ2n) is 14.4. The highest BCUT2D eigenvalue weighted by atomic mass is 32.1. The standard InChI is InChI=1S/C38H48N8O6S/c1-21(2)31(43-37(49)51-7)35(47)45-19-23(5)15-29(45)33-39-17-25(41-33)9-11-27-13-14-28(53-27)12-10-26-18-40-34(42-26)30-16-24(6)20-46(30)36(48)32(22(3)4)44-38(50)52-8/h13-14,17-18,21-24,29-32H,15-16,19-20H2,1-8H3,(H,39,41)(H,40,42)(H,43,49)(H,44,50)/t23-,24-,29-,30-,31-,32-/m0/s1. The lowest BCUT2D eigenvalue weighted by atomic mass is 10.0. The first kappa shape index (κ1) is 38.9. The van der Waals surface area contributed by atoms with Gasteiger partial charge in [0.2, 0.25) is 11.8 Å². The summed E-state index contributed by atoms with van der Waals surface area (Å²) >= 11 is 1.46. The number of thiophene rings is 1. The summed E-state index contributed by atoms with van der Waals surface area (Å²) in [6.07, 6.45) is 3.54. The van der Waals surface area contributed by atoms with Crippen LogP contribution in [0.3, 0.4) is 0 Å². The third kappa shape index (κ3) is 9.40. The molecule has 2 saturated heterocycles. The lowest BCUT2D eigenvalue weighted by Crippen LogP contribution is -2.51. The Bertz CT molecular complexity index is 1790. The van der Waals surface area contributed by atoms with Gasteiger partial charge in [-0.2, -0.15) is 0 Å². The minimum Gasteiger partial charge on any atom is -0.453 e. The summed E-state index contributed by atoms with van der Waals surface area (Å²) in [7, 11) is 2.56. The number of rotatable bonds is 8. The number of methoxy groups -OCH3 is 2. The van der Waals surface area contributed by atoms with Crippen LogP contribution in [0, 0.1) is 47.4 Å². The Kier molecular flexibility index (Phi) is 12.5. The van der Waals surface area contributed by atoms with Crippen LogP contribution in [0.2, 0.25) is 0 Å². The maximum atomic E-state index is 13.6. The van der Waals surface area contributed by atoms with Gasteiger partial charge in [0.05, 0.1) is 48.5 Å². The van der Waals surface area contributed by atoms with Crippen LogP contribution in [0.15, 0.2) is 24.5 Å². The van der Waals surface area contributed by atoms with Crippen LogP contribution in [0.1, 0.15) is 99.3 Å². The van der Waals surface area contributed by atoms with Gasteiger partial charge in [0.1, 0.15) is 35.1 Å². The number of aromatic nitrogens is 4. The highest BCUT2D eigenvalue weighted by Gasteiger charge is 2.41. The summed E-state index contributed by atoms with van der Waals surface area (Å²) in [6, 6.07) is 1.87. The van der Waals surface area contributed by atoms with Crippen LogP contribution in [0.4, 0.5) is 9.59 Å². The molecule has 53 heavy (non-hydrogen) atoms. The molecule has 5 rings (SSSR count). The molecule has 0 saturated carbocycles. The molecule has 3 aromatic rings. The zero-order valence-corrected chi connectivity index (χ0v) is 32.2. The van der Waals surface area contributed by atoms with E-state index in [4.69, 9.17) is 9.47 Å². The van der Waals surface area contributed by atoms with Crippen molar-refractivity contribution in [3.63, 3.8) is 0 Å². The number of imidazole rings is 2. The van der Waals surface area contributed by atoms with Gasteiger partial charge in [-0.05, 0) is 72.3 Å². The van der Waals surface area contributed by atoms with E-state index in [9.17, 15) is 19.2 Å². The number of amides is 4. The Morgan fingerprint density at radius 3 is 1.49 bits per heavy atom. The van der Waals surface area contributed by atoms with E-state index >= 15 is 0 Å². The number of ether oxygens (including phenoxy) is 2. The Balaban J connectivity index is 1.24. The van der Waals surface area contributed by atoms with Crippen LogP contribution in [0.5, 0.6) is 0 Å². The Morgan fingerprint density at radius 1 is 0.736 bits per heavy atom. The molecule has 0 aromatic carbocycles. The molecule has 2 aliphatic heterocycles. The van der Waals surface area contributed by atoms with Gasteiger partial charge < -0.3 is 39.9 Å². The third-order valence-corrected chi connectivity index (χ3v) is 10.4. The third-order valence-electron chi connectivity index (χ3n) is 9.44. The molecule has 4 N–H and O–H groups in total. The van der Waals surface area contributed by atoms with E-state index in [1.165, 1.54) is 25.6 Å². The van der Waals surface area contributed by atoms with Gasteiger partial charge in [-0.3, -0.25) is 9.59 Å². The molecule has 2 aliphatic rings. The summed E-state index contributed by atoms with van der Waals surface area (Å²) in [5.74, 6) is 13.9. The minimum absolute atomic E-state index is 0.126. The summed E-state index contributed by atoms with van der Waals surface area (Å²) in [4.78, 5) is 71.9. The van der Waals surface area contributed by atoms with Gasteiger partial charge in [-0.1, -0.05) is 41.5 Å². The second-order valence-corrected chi connectivity index (χ2v) is 15.5. The monoisotopic (exact) mass is 744 g/mol. The molecule has 14 nitrogen and oxygen atoms in total. The van der Waals surface area contributed by atoms with Gasteiger partial charge in [-0.25, -0.2) is 19.6 Å². The van der Waals surface area contributed by atoms with Crippen LogP contribution in [0.25, 0.3) is 0 Å². The molecule has 5 heterocycles. The van der Waals surface area contributed by atoms with Crippen molar-refractivity contribution in [3.05, 3.63) is 57.3 Å². The molecule has 282 valence electrons. The van der Waals surface area contributed by atoms with Crippen molar-refractivity contribution in [1.82, 2.24) is 40.4 Å². The quantitative estimate of drug-likeness (QED) is 0.243. The zero-order valence-electron chi connectivity index (χ0n) is 31.4. The first-order valence-corrected chi connectivity index (χ1v) is 18.6. The lowest BCUT2D eigenvalue weighted by Gasteiger charge is -2.30. The van der Waals surface area contributed by atoms with E-state index in [0.717, 1.165) is 22.6 Å². The van der Waals surface area contributed by atoms with Crippen molar-refractivity contribution in [2.45, 2.75) is 78.6 Å². The van der Waals surface area contributed by atoms with E-state index in [-0.39, 0.29) is 47.6 Å². The molecular weight excluding hydrogens is 697 g/mol. The number of alkyl carbamates (subject to hydrolysis) is 2. The van der Waals surface area contributed by atoms with E-state index in [0.29, 0.717) is 36.1 Å². The first-order chi connectivity index (χ1) is 25.3. The van der Waals surface area contributed by atoms with Gasteiger partial charge >= 0.3 is 12.2 Å². The maximum absolute atomic E-state index is 13.6. The van der Waals surface area contributed by atoms with Crippen molar-refractivity contribution in [3.8, 4) is 23.7 Å². The summed E-state index contributed by atoms with van der Waals surface area (Å²) < 4.78 is 9.49. The predicted molar refractivity (Wildman–Crippen MR) is 198 cm³/mol. The number of nitrogens with zero attached hydrogens (tertiary/aromatic N) is 4. The number of carbonyl (C=O) groups excluding carboxylic acids is 4. The van der Waals surface area contributed by atoms with Gasteiger partial charge in [0.15, 0.2) is 0 Å². The molecule has 15 heteroatoms. The molecular formula is C38H48N8O6S. The Hall–Kier alpha value is -5.28. The number of nitrogens with one attached hydrogen (secondary N) is 4. The van der Waals surface area contributed by atoms with Gasteiger partial charge in [0.25, 0.3) is 0 Å². The number of aromatic amines is 2. The fourth-order valence-electron chi connectivity index (χ4n) is 6.72. The molecule has 0 bridgehead atoms.